The Morgan fingerprint density at radius 2 is 2.24 bits per heavy atom. The summed E-state index contributed by atoms with van der Waals surface area (Å²) in [6.45, 7) is 0.633. The quantitative estimate of drug-likeness (QED) is 0.785. The maximum absolute atomic E-state index is 14.1. The van der Waals surface area contributed by atoms with Crippen LogP contribution in [0.5, 0.6) is 5.75 Å². The smallest absolute Gasteiger partial charge is 0.182 e. The van der Waals surface area contributed by atoms with Crippen molar-refractivity contribution in [2.45, 2.75) is 31.5 Å². The van der Waals surface area contributed by atoms with Gasteiger partial charge in [-0.05, 0) is 48.6 Å². The molecule has 0 radical (unpaired) electrons. The molecule has 2 N–H and O–H groups in total. The number of fused-ring (bicyclic) bond motifs is 1. The van der Waals surface area contributed by atoms with Crippen LogP contribution in [-0.4, -0.2) is 30.9 Å². The SMILES string of the molecule is COc1cc2c(cc1F)[C@H](CNc1cnccc1C(O)OC)CCC2. The fourth-order valence-electron chi connectivity index (χ4n) is 3.40. The summed E-state index contributed by atoms with van der Waals surface area (Å²) < 4.78 is 24.2. The number of anilines is 1. The van der Waals surface area contributed by atoms with Crippen molar-refractivity contribution < 1.29 is 19.0 Å². The van der Waals surface area contributed by atoms with Crippen LogP contribution in [0.1, 0.15) is 41.7 Å². The van der Waals surface area contributed by atoms with Crippen LogP contribution >= 0.6 is 0 Å². The van der Waals surface area contributed by atoms with E-state index in [1.165, 1.54) is 14.2 Å². The topological polar surface area (TPSA) is 63.6 Å². The number of ether oxygens (including phenoxy) is 2. The Hall–Kier alpha value is -2.18. The highest BCUT2D eigenvalue weighted by Gasteiger charge is 2.23. The van der Waals surface area contributed by atoms with E-state index in [1.54, 1.807) is 30.6 Å². The number of aryl methyl sites for hydroxylation is 1. The largest absolute Gasteiger partial charge is 0.494 e. The fraction of sp³-hybridized carbons (Fsp3) is 0.421. The lowest BCUT2D eigenvalue weighted by Crippen LogP contribution is -2.19. The predicted octanol–water partition coefficient (Wildman–Crippen LogP) is 3.40. The molecule has 0 aliphatic heterocycles. The minimum Gasteiger partial charge on any atom is -0.494 e. The van der Waals surface area contributed by atoms with E-state index in [9.17, 15) is 9.50 Å². The van der Waals surface area contributed by atoms with Gasteiger partial charge in [-0.15, -0.1) is 0 Å². The Kier molecular flexibility index (Phi) is 5.50. The van der Waals surface area contributed by atoms with Crippen molar-refractivity contribution in [2.24, 2.45) is 0 Å². The molecule has 1 heterocycles. The van der Waals surface area contributed by atoms with E-state index in [2.05, 4.69) is 10.3 Å². The Bertz CT molecular complexity index is 739. The van der Waals surface area contributed by atoms with Gasteiger partial charge < -0.3 is 19.9 Å². The van der Waals surface area contributed by atoms with Crippen molar-refractivity contribution in [3.05, 3.63) is 53.1 Å². The molecule has 25 heavy (non-hydrogen) atoms. The minimum atomic E-state index is -1.01. The van der Waals surface area contributed by atoms with E-state index < -0.39 is 6.29 Å². The zero-order valence-electron chi connectivity index (χ0n) is 14.5. The molecule has 1 aromatic carbocycles. The zero-order chi connectivity index (χ0) is 17.8. The maximum Gasteiger partial charge on any atom is 0.182 e. The third-order valence-electron chi connectivity index (χ3n) is 4.74. The first-order chi connectivity index (χ1) is 12.1. The molecule has 1 aliphatic carbocycles. The number of hydrogen-bond acceptors (Lipinski definition) is 5. The van der Waals surface area contributed by atoms with Crippen molar-refractivity contribution >= 4 is 5.69 Å². The normalized spacial score (nSPS) is 17.7. The molecule has 134 valence electrons. The average molecular weight is 346 g/mol. The van der Waals surface area contributed by atoms with Crippen LogP contribution in [-0.2, 0) is 11.2 Å². The first kappa shape index (κ1) is 17.6. The number of hydrogen-bond donors (Lipinski definition) is 2. The summed E-state index contributed by atoms with van der Waals surface area (Å²) in [6.07, 6.45) is 5.23. The van der Waals surface area contributed by atoms with Crippen LogP contribution in [0.25, 0.3) is 0 Å². The lowest BCUT2D eigenvalue weighted by Gasteiger charge is -2.27. The molecule has 0 spiro atoms. The lowest BCUT2D eigenvalue weighted by atomic mass is 9.82. The number of methoxy groups -OCH3 is 2. The van der Waals surface area contributed by atoms with Crippen LogP contribution in [0.3, 0.4) is 0 Å². The van der Waals surface area contributed by atoms with Gasteiger partial charge in [-0.3, -0.25) is 4.98 Å². The molecule has 0 amide bonds. The second kappa shape index (κ2) is 7.80. The highest BCUT2D eigenvalue weighted by Crippen LogP contribution is 2.35. The highest BCUT2D eigenvalue weighted by atomic mass is 19.1. The van der Waals surface area contributed by atoms with Gasteiger partial charge in [0.1, 0.15) is 0 Å². The minimum absolute atomic E-state index is 0.192. The fourth-order valence-corrected chi connectivity index (χ4v) is 3.40. The van der Waals surface area contributed by atoms with Crippen LogP contribution < -0.4 is 10.1 Å². The van der Waals surface area contributed by atoms with Gasteiger partial charge in [0.05, 0.1) is 19.0 Å². The lowest BCUT2D eigenvalue weighted by molar-refractivity contribution is -0.0764. The van der Waals surface area contributed by atoms with E-state index in [0.717, 1.165) is 36.1 Å². The zero-order valence-corrected chi connectivity index (χ0v) is 14.5. The summed E-state index contributed by atoms with van der Waals surface area (Å²) in [5.41, 5.74) is 3.52. The van der Waals surface area contributed by atoms with E-state index in [0.29, 0.717) is 17.9 Å². The molecule has 2 aromatic rings. The second-order valence-electron chi connectivity index (χ2n) is 6.21. The molecule has 3 rings (SSSR count). The van der Waals surface area contributed by atoms with E-state index in [4.69, 9.17) is 9.47 Å². The van der Waals surface area contributed by atoms with Crippen molar-refractivity contribution in [3.63, 3.8) is 0 Å². The van der Waals surface area contributed by atoms with Gasteiger partial charge in [0.15, 0.2) is 17.9 Å². The van der Waals surface area contributed by atoms with Crippen LogP contribution in [0, 0.1) is 5.82 Å². The number of nitrogens with one attached hydrogen (secondary N) is 1. The third kappa shape index (κ3) is 3.75. The van der Waals surface area contributed by atoms with Gasteiger partial charge in [0, 0.05) is 31.3 Å². The molecule has 1 aliphatic rings. The predicted molar refractivity (Wildman–Crippen MR) is 93.3 cm³/mol. The third-order valence-corrected chi connectivity index (χ3v) is 4.74. The summed E-state index contributed by atoms with van der Waals surface area (Å²) in [7, 11) is 2.93. The number of rotatable bonds is 6. The first-order valence-corrected chi connectivity index (χ1v) is 8.39. The van der Waals surface area contributed by atoms with E-state index >= 15 is 0 Å². The van der Waals surface area contributed by atoms with Crippen molar-refractivity contribution in [1.82, 2.24) is 4.98 Å². The summed E-state index contributed by atoms with van der Waals surface area (Å²) in [5.74, 6) is 0.159. The molecule has 2 atom stereocenters. The first-order valence-electron chi connectivity index (χ1n) is 8.39. The van der Waals surface area contributed by atoms with Crippen LogP contribution in [0.15, 0.2) is 30.6 Å². The van der Waals surface area contributed by atoms with Gasteiger partial charge >= 0.3 is 0 Å². The molecule has 5 nitrogen and oxygen atoms in total. The van der Waals surface area contributed by atoms with Crippen molar-refractivity contribution in [2.75, 3.05) is 26.1 Å². The van der Waals surface area contributed by atoms with Crippen LogP contribution in [0.4, 0.5) is 10.1 Å². The Morgan fingerprint density at radius 3 is 3.00 bits per heavy atom. The van der Waals surface area contributed by atoms with Gasteiger partial charge in [0.25, 0.3) is 0 Å². The number of aliphatic hydroxyl groups excluding tert-OH is 1. The van der Waals surface area contributed by atoms with Crippen molar-refractivity contribution in [3.8, 4) is 5.75 Å². The number of halogens is 1. The average Bonchev–Trinajstić information content (AvgIpc) is 2.65. The number of aromatic nitrogens is 1. The van der Waals surface area contributed by atoms with Gasteiger partial charge in [0.2, 0.25) is 0 Å². The highest BCUT2D eigenvalue weighted by molar-refractivity contribution is 5.50. The number of nitrogens with zero attached hydrogens (tertiary/aromatic N) is 1. The second-order valence-corrected chi connectivity index (χ2v) is 6.21. The number of aliphatic hydroxyl groups is 1. The Labute approximate surface area is 146 Å². The number of pyridine rings is 1. The summed E-state index contributed by atoms with van der Waals surface area (Å²) in [5, 5.41) is 13.3. The Morgan fingerprint density at radius 1 is 1.40 bits per heavy atom. The summed E-state index contributed by atoms with van der Waals surface area (Å²) in [4.78, 5) is 4.10. The molecule has 0 bridgehead atoms. The van der Waals surface area contributed by atoms with Gasteiger partial charge in [-0.1, -0.05) is 0 Å². The molecule has 0 saturated carbocycles. The molecule has 1 unspecified atom stereocenters. The van der Waals surface area contributed by atoms with Gasteiger partial charge in [-0.25, -0.2) is 4.39 Å². The van der Waals surface area contributed by atoms with E-state index in [1.807, 2.05) is 0 Å². The molecule has 0 fully saturated rings. The van der Waals surface area contributed by atoms with Crippen LogP contribution in [0.2, 0.25) is 0 Å². The molecular weight excluding hydrogens is 323 g/mol. The summed E-state index contributed by atoms with van der Waals surface area (Å²) >= 11 is 0. The van der Waals surface area contributed by atoms with E-state index in [-0.39, 0.29) is 11.7 Å². The molecular formula is C19H23FN2O3. The summed E-state index contributed by atoms with van der Waals surface area (Å²) in [6, 6.07) is 5.12. The molecule has 0 saturated heterocycles. The standard InChI is InChI=1S/C19H23FN2O3/c1-24-18-8-12-4-3-5-13(15(12)9-16(18)20)10-22-17-11-21-7-6-14(17)19(23)25-2/h6-9,11,13,19,22-23H,3-5,10H2,1-2H3/t13-,19?/m0/s1. The maximum atomic E-state index is 14.1. The number of benzene rings is 1. The Balaban J connectivity index is 1.79. The monoisotopic (exact) mass is 346 g/mol. The van der Waals surface area contributed by atoms with Crippen molar-refractivity contribution in [1.29, 1.82) is 0 Å². The molecule has 6 heteroatoms. The van der Waals surface area contributed by atoms with Gasteiger partial charge in [-0.2, -0.15) is 0 Å². The molecule has 1 aromatic heterocycles.